The van der Waals surface area contributed by atoms with Crippen LogP contribution in [0.5, 0.6) is 0 Å². The SMILES string of the molecule is C.C.C.C.C.O=C=O.O=N[O-].O=O.O=O.O=O.[NH4+].[NH4+].[NH4+]. The molecule has 14 heteroatoms. The monoisotopic (exact) mass is 320 g/mol. The molecule has 0 aromatic rings. The van der Waals surface area contributed by atoms with E-state index in [-0.39, 0.29) is 61.7 Å². The Morgan fingerprint density at radius 1 is 0.600 bits per heavy atom. The summed E-state index contributed by atoms with van der Waals surface area (Å²) in [5.41, 5.74) is 0. The molecule has 0 radical (unpaired) electrons. The summed E-state index contributed by atoms with van der Waals surface area (Å²) < 4.78 is 0. The van der Waals surface area contributed by atoms with Crippen LogP contribution in [0.4, 0.5) is 0 Å². The summed E-state index contributed by atoms with van der Waals surface area (Å²) in [5, 5.41) is 9.00. The largest absolute Gasteiger partial charge is 0.444 e. The van der Waals surface area contributed by atoms with Crippen molar-refractivity contribution in [1.82, 2.24) is 18.5 Å². The summed E-state index contributed by atoms with van der Waals surface area (Å²) in [6.45, 7) is 0. The molecule has 0 aliphatic rings. The second-order valence-electron chi connectivity index (χ2n) is 0.158. The minimum atomic E-state index is 0. The van der Waals surface area contributed by atoms with E-state index >= 15 is 0 Å². The van der Waals surface area contributed by atoms with Gasteiger partial charge in [-0.05, 0) is 0 Å². The van der Waals surface area contributed by atoms with Gasteiger partial charge in [0.05, 0.1) is 0 Å². The molecule has 0 fully saturated rings. The highest BCUT2D eigenvalue weighted by Crippen LogP contribution is 1.34. The molecule has 12 N–H and O–H groups in total. The fraction of sp³-hybridized carbons (Fsp3) is 0.833. The Balaban J connectivity index is -0.00000000256. The summed E-state index contributed by atoms with van der Waals surface area (Å²) in [4.78, 5) is 66.2. The lowest BCUT2D eigenvalue weighted by Gasteiger charge is -1.51. The molecule has 0 spiro atoms. The third-order valence-corrected chi connectivity index (χ3v) is 0. The average molecular weight is 320 g/mol. The van der Waals surface area contributed by atoms with Crippen molar-refractivity contribution in [3.63, 3.8) is 0 Å². The van der Waals surface area contributed by atoms with E-state index in [1.807, 2.05) is 0 Å². The summed E-state index contributed by atoms with van der Waals surface area (Å²) >= 11 is 0. The maximum Gasteiger partial charge on any atom is 0.373 e. The highest BCUT2D eigenvalue weighted by Gasteiger charge is 1.13. The van der Waals surface area contributed by atoms with Gasteiger partial charge in [0.15, 0.2) is 0 Å². The van der Waals surface area contributed by atoms with Crippen molar-refractivity contribution in [3.8, 4) is 0 Å². The van der Waals surface area contributed by atoms with Gasteiger partial charge in [0.1, 0.15) is 0 Å². The van der Waals surface area contributed by atoms with Gasteiger partial charge >= 0.3 is 6.15 Å². The third kappa shape index (κ3) is 501. The first-order valence-electron chi connectivity index (χ1n) is 1.27. The molecular weight excluding hydrogens is 288 g/mol. The van der Waals surface area contributed by atoms with E-state index in [0.717, 1.165) is 5.34 Å². The van der Waals surface area contributed by atoms with Crippen molar-refractivity contribution in [2.24, 2.45) is 5.34 Å². The van der Waals surface area contributed by atoms with Gasteiger partial charge in [-0.1, -0.05) is 37.1 Å². The Bertz CT molecular complexity index is 99.0. The van der Waals surface area contributed by atoms with Crippen LogP contribution >= 0.6 is 0 Å². The smallest absolute Gasteiger partial charge is 0.373 e. The standard InChI is InChI=1S/CO2.5CH4.HNO2.3H3N.3O2/c2-1-3;;;;;;2-1-3;;;;3*1-2/h;5*1H4;(H,2,3);3*1H3;;;/p+2. The Morgan fingerprint density at radius 3 is 0.600 bits per heavy atom. The minimum absolute atomic E-state index is 0. The molecular formula is C6H32N4O10+2. The van der Waals surface area contributed by atoms with Crippen molar-refractivity contribution >= 4 is 6.15 Å². The molecule has 0 rings (SSSR count). The summed E-state index contributed by atoms with van der Waals surface area (Å²) in [6.07, 6.45) is 0.250. The predicted molar refractivity (Wildman–Crippen MR) is 86.0 cm³/mol. The van der Waals surface area contributed by atoms with Crippen molar-refractivity contribution in [1.29, 1.82) is 0 Å². The van der Waals surface area contributed by atoms with Crippen LogP contribution in [0, 0.1) is 39.9 Å². The highest BCUT2D eigenvalue weighted by atomic mass is 16.7. The molecule has 0 saturated heterocycles. The van der Waals surface area contributed by atoms with Crippen LogP contribution < -0.4 is 18.5 Å². The summed E-state index contributed by atoms with van der Waals surface area (Å²) in [7, 11) is 0. The third-order valence-electron chi connectivity index (χ3n) is 0. The van der Waals surface area contributed by atoms with Crippen molar-refractivity contribution in [2.75, 3.05) is 0 Å². The zero-order chi connectivity index (χ0) is 11.4. The second kappa shape index (κ2) is 13500. The summed E-state index contributed by atoms with van der Waals surface area (Å²) in [6, 6.07) is 0. The van der Waals surface area contributed by atoms with Gasteiger partial charge < -0.3 is 28.6 Å². The Labute approximate surface area is 118 Å². The molecule has 0 aliphatic carbocycles. The normalized spacial score (nSPS) is 1.60. The Hall–Kier alpha value is -2.54. The molecule has 0 bridgehead atoms. The molecule has 0 unspecified atom stereocenters. The molecule has 134 valence electrons. The highest BCUT2D eigenvalue weighted by molar-refractivity contribution is 5.20. The average Bonchev–Trinajstić information content (AvgIpc) is 2.16. The number of hydrogen-bond donors (Lipinski definition) is 3. The Morgan fingerprint density at radius 2 is 0.600 bits per heavy atom. The summed E-state index contributed by atoms with van der Waals surface area (Å²) in [5.74, 6) is 0. The van der Waals surface area contributed by atoms with Crippen LogP contribution in [0.2, 0.25) is 0 Å². The van der Waals surface area contributed by atoms with Crippen molar-refractivity contribution < 1.29 is 9.59 Å². The molecule has 14 nitrogen and oxygen atoms in total. The number of rotatable bonds is 0. The van der Waals surface area contributed by atoms with E-state index in [9.17, 15) is 0 Å². The van der Waals surface area contributed by atoms with Gasteiger partial charge in [-0.15, -0.1) is 5.34 Å². The van der Waals surface area contributed by atoms with E-state index in [2.05, 4.69) is 0 Å². The number of hydrogen-bond acceptors (Lipinski definition) is 11. The topological polar surface area (TPSA) is 299 Å². The van der Waals surface area contributed by atoms with Gasteiger partial charge in [0, 0.05) is 29.8 Å². The number of quaternary nitrogens is 3. The molecule has 0 aromatic heterocycles. The number of carbonyl (C=O) groups excluding carboxylic acids is 2. The molecule has 20 heavy (non-hydrogen) atoms. The fourth-order valence-corrected chi connectivity index (χ4v) is 0. The Kier molecular flexibility index (Phi) is 160000. The van der Waals surface area contributed by atoms with Gasteiger partial charge in [-0.25, -0.2) is 0 Å². The van der Waals surface area contributed by atoms with Gasteiger partial charge in [0.25, 0.3) is 0 Å². The van der Waals surface area contributed by atoms with E-state index in [4.69, 9.17) is 49.5 Å². The van der Waals surface area contributed by atoms with Crippen LogP contribution in [-0.2, 0) is 9.59 Å². The van der Waals surface area contributed by atoms with Crippen molar-refractivity contribution in [2.45, 2.75) is 37.1 Å². The first-order valence-corrected chi connectivity index (χ1v) is 1.27. The first-order chi connectivity index (χ1) is 5.83. The van der Waals surface area contributed by atoms with Crippen LogP contribution in [0.1, 0.15) is 37.1 Å². The number of nitrogens with zero attached hydrogens (tertiary/aromatic N) is 1. The van der Waals surface area contributed by atoms with E-state index < -0.39 is 0 Å². The quantitative estimate of drug-likeness (QED) is 0.421. The van der Waals surface area contributed by atoms with Crippen LogP contribution in [0.25, 0.3) is 0 Å². The lowest BCUT2D eigenvalue weighted by atomic mass is 11.8. The van der Waals surface area contributed by atoms with Crippen LogP contribution in [0.3, 0.4) is 0 Å². The van der Waals surface area contributed by atoms with Crippen LogP contribution in [-0.4, -0.2) is 6.15 Å². The van der Waals surface area contributed by atoms with Crippen LogP contribution in [0.15, 0.2) is 5.34 Å². The lowest BCUT2D eigenvalue weighted by molar-refractivity contribution is -0.191. The maximum atomic E-state index is 8.12. The zero-order valence-electron chi connectivity index (χ0n) is 8.03. The van der Waals surface area contributed by atoms with Gasteiger partial charge in [-0.3, -0.25) is 0 Å². The molecule has 0 aromatic carbocycles. The lowest BCUT2D eigenvalue weighted by Crippen LogP contribution is -1.22. The van der Waals surface area contributed by atoms with E-state index in [0.29, 0.717) is 0 Å². The second-order valence-corrected chi connectivity index (χ2v) is 0.158. The molecule has 0 aliphatic heterocycles. The minimum Gasteiger partial charge on any atom is -0.444 e. The first kappa shape index (κ1) is 238. The molecule has 0 heterocycles. The van der Waals surface area contributed by atoms with Gasteiger partial charge in [0.2, 0.25) is 0 Å². The molecule has 0 amide bonds. The van der Waals surface area contributed by atoms with Gasteiger partial charge in [-0.2, -0.15) is 9.59 Å². The van der Waals surface area contributed by atoms with E-state index in [1.165, 1.54) is 0 Å². The fourth-order valence-electron chi connectivity index (χ4n) is 0. The zero-order valence-corrected chi connectivity index (χ0v) is 8.03. The van der Waals surface area contributed by atoms with E-state index in [1.54, 1.807) is 0 Å². The maximum absolute atomic E-state index is 8.12. The predicted octanol–water partition coefficient (Wildman–Crippen LogP) is 4.18. The molecule has 0 atom stereocenters. The molecule has 0 saturated carbocycles. The van der Waals surface area contributed by atoms with Crippen molar-refractivity contribution in [3.05, 3.63) is 39.9 Å².